The highest BCUT2D eigenvalue weighted by Crippen LogP contribution is 2.32. The Morgan fingerprint density at radius 3 is 2.78 bits per heavy atom. The summed E-state index contributed by atoms with van der Waals surface area (Å²) in [5.41, 5.74) is 6.51. The van der Waals surface area contributed by atoms with Crippen LogP contribution in [0, 0.1) is 0 Å². The number of aromatic amines is 1. The number of nitrogens with one attached hydrogen (secondary N) is 1. The van der Waals surface area contributed by atoms with Gasteiger partial charge in [0.15, 0.2) is 5.16 Å². The van der Waals surface area contributed by atoms with Crippen LogP contribution < -0.4 is 11.4 Å². The number of hydrogen-bond acceptors (Lipinski definition) is 4. The van der Waals surface area contributed by atoms with E-state index in [0.29, 0.717) is 10.2 Å². The molecular weight excluding hydrogens is 272 g/mol. The van der Waals surface area contributed by atoms with Crippen LogP contribution >= 0.6 is 23.4 Å². The zero-order valence-electron chi connectivity index (χ0n) is 9.98. The van der Waals surface area contributed by atoms with Crippen LogP contribution in [0.2, 0.25) is 5.02 Å². The van der Waals surface area contributed by atoms with Crippen LogP contribution in [0.4, 0.5) is 0 Å². The van der Waals surface area contributed by atoms with Crippen molar-refractivity contribution in [2.45, 2.75) is 23.0 Å². The van der Waals surface area contributed by atoms with Crippen molar-refractivity contribution in [1.29, 1.82) is 0 Å². The van der Waals surface area contributed by atoms with Gasteiger partial charge in [-0.1, -0.05) is 17.7 Å². The van der Waals surface area contributed by atoms with Crippen molar-refractivity contribution in [3.05, 3.63) is 39.3 Å². The molecule has 3 N–H and O–H groups in total. The fourth-order valence-electron chi connectivity index (χ4n) is 1.41. The highest BCUT2D eigenvalue weighted by atomic mass is 35.5. The van der Waals surface area contributed by atoms with Crippen LogP contribution in [0.25, 0.3) is 0 Å². The summed E-state index contributed by atoms with van der Waals surface area (Å²) < 4.78 is 1.43. The van der Waals surface area contributed by atoms with E-state index in [1.54, 1.807) is 7.05 Å². The number of hydrogen-bond donors (Lipinski definition) is 2. The molecule has 2 aromatic rings. The Morgan fingerprint density at radius 2 is 2.28 bits per heavy atom. The lowest BCUT2D eigenvalue weighted by Crippen LogP contribution is -2.12. The molecule has 0 amide bonds. The zero-order valence-corrected chi connectivity index (χ0v) is 11.5. The lowest BCUT2D eigenvalue weighted by atomic mass is 10.1. The van der Waals surface area contributed by atoms with Crippen molar-refractivity contribution < 1.29 is 0 Å². The normalized spacial score (nSPS) is 12.7. The Labute approximate surface area is 113 Å². The minimum absolute atomic E-state index is 0.0590. The standard InChI is InChI=1S/C11H13ClN4OS/c1-6(13)7-3-4-9(8(12)5-7)18-11-15-14-10(17)16(11)2/h3-6H,13H2,1-2H3,(H,14,17)/t6-/m1/s1. The van der Waals surface area contributed by atoms with E-state index in [4.69, 9.17) is 17.3 Å². The summed E-state index contributed by atoms with van der Waals surface area (Å²) >= 11 is 7.51. The SMILES string of the molecule is C[C@@H](N)c1ccc(Sc2n[nH]c(=O)n2C)c(Cl)c1. The second-order valence-corrected chi connectivity index (χ2v) is 5.37. The fourth-order valence-corrected chi connectivity index (χ4v) is 2.51. The average molecular weight is 285 g/mol. The molecule has 0 saturated carbocycles. The van der Waals surface area contributed by atoms with Gasteiger partial charge in [-0.25, -0.2) is 9.89 Å². The second-order valence-electron chi connectivity index (χ2n) is 3.95. The molecule has 0 spiro atoms. The van der Waals surface area contributed by atoms with Crippen LogP contribution in [-0.2, 0) is 7.05 Å². The van der Waals surface area contributed by atoms with Gasteiger partial charge in [-0.2, -0.15) is 0 Å². The molecule has 0 fully saturated rings. The van der Waals surface area contributed by atoms with Gasteiger partial charge in [-0.3, -0.25) is 4.57 Å². The molecule has 0 saturated heterocycles. The fraction of sp³-hybridized carbons (Fsp3) is 0.273. The minimum Gasteiger partial charge on any atom is -0.324 e. The molecule has 0 aliphatic heterocycles. The van der Waals surface area contributed by atoms with Crippen molar-refractivity contribution >= 4 is 23.4 Å². The predicted molar refractivity (Wildman–Crippen MR) is 72.0 cm³/mol. The van der Waals surface area contributed by atoms with Crippen LogP contribution in [0.5, 0.6) is 0 Å². The zero-order chi connectivity index (χ0) is 13.3. The van der Waals surface area contributed by atoms with Crippen molar-refractivity contribution in [3.8, 4) is 0 Å². The molecule has 7 heteroatoms. The molecule has 0 bridgehead atoms. The summed E-state index contributed by atoms with van der Waals surface area (Å²) in [6, 6.07) is 5.57. The summed E-state index contributed by atoms with van der Waals surface area (Å²) in [7, 11) is 1.65. The molecule has 0 radical (unpaired) electrons. The second kappa shape index (κ2) is 5.17. The number of rotatable bonds is 3. The van der Waals surface area contributed by atoms with E-state index >= 15 is 0 Å². The van der Waals surface area contributed by atoms with Crippen LogP contribution in [-0.4, -0.2) is 14.8 Å². The third kappa shape index (κ3) is 2.60. The maximum atomic E-state index is 11.2. The van der Waals surface area contributed by atoms with E-state index in [1.807, 2.05) is 25.1 Å². The number of benzene rings is 1. The maximum Gasteiger partial charge on any atom is 0.343 e. The summed E-state index contributed by atoms with van der Waals surface area (Å²) in [5.74, 6) is 0. The molecule has 1 heterocycles. The number of H-pyrrole nitrogens is 1. The van der Waals surface area contributed by atoms with E-state index < -0.39 is 0 Å². The molecule has 1 aromatic heterocycles. The first-order valence-electron chi connectivity index (χ1n) is 5.33. The molecule has 0 unspecified atom stereocenters. The largest absolute Gasteiger partial charge is 0.343 e. The van der Waals surface area contributed by atoms with E-state index in [0.717, 1.165) is 10.5 Å². The molecule has 96 valence electrons. The first-order valence-corrected chi connectivity index (χ1v) is 6.52. The molecular formula is C11H13ClN4OS. The van der Waals surface area contributed by atoms with Crippen molar-refractivity contribution in [2.75, 3.05) is 0 Å². The van der Waals surface area contributed by atoms with E-state index in [9.17, 15) is 4.79 Å². The molecule has 1 atom stereocenters. The summed E-state index contributed by atoms with van der Waals surface area (Å²) in [4.78, 5) is 12.1. The highest BCUT2D eigenvalue weighted by Gasteiger charge is 2.10. The topological polar surface area (TPSA) is 76.7 Å². The Balaban J connectivity index is 2.30. The Hall–Kier alpha value is -1.24. The lowest BCUT2D eigenvalue weighted by molar-refractivity contribution is 0.766. The average Bonchev–Trinajstić information content (AvgIpc) is 2.63. The molecule has 2 rings (SSSR count). The van der Waals surface area contributed by atoms with Crippen molar-refractivity contribution in [3.63, 3.8) is 0 Å². The number of nitrogens with zero attached hydrogens (tertiary/aromatic N) is 2. The van der Waals surface area contributed by atoms with Crippen molar-refractivity contribution in [1.82, 2.24) is 14.8 Å². The maximum absolute atomic E-state index is 11.2. The minimum atomic E-state index is -0.249. The van der Waals surface area contributed by atoms with Crippen LogP contribution in [0.3, 0.4) is 0 Å². The van der Waals surface area contributed by atoms with E-state index in [-0.39, 0.29) is 11.7 Å². The third-order valence-electron chi connectivity index (χ3n) is 2.52. The summed E-state index contributed by atoms with van der Waals surface area (Å²) in [6.45, 7) is 1.90. The number of aromatic nitrogens is 3. The lowest BCUT2D eigenvalue weighted by Gasteiger charge is -2.08. The van der Waals surface area contributed by atoms with Gasteiger partial charge in [-0.05, 0) is 36.4 Å². The van der Waals surface area contributed by atoms with Crippen LogP contribution in [0.1, 0.15) is 18.5 Å². The first kappa shape index (κ1) is 13.2. The Bertz CT molecular complexity index is 620. The molecule has 18 heavy (non-hydrogen) atoms. The van der Waals surface area contributed by atoms with E-state index in [2.05, 4.69) is 10.2 Å². The van der Waals surface area contributed by atoms with Crippen LogP contribution in [0.15, 0.2) is 33.0 Å². The molecule has 1 aromatic carbocycles. The summed E-state index contributed by atoms with van der Waals surface area (Å²) in [6.07, 6.45) is 0. The first-order chi connectivity index (χ1) is 8.49. The van der Waals surface area contributed by atoms with Gasteiger partial charge in [0.05, 0.1) is 5.02 Å². The van der Waals surface area contributed by atoms with Gasteiger partial charge in [0.2, 0.25) is 0 Å². The highest BCUT2D eigenvalue weighted by molar-refractivity contribution is 7.99. The predicted octanol–water partition coefficient (Wildman–Crippen LogP) is 1.93. The number of nitrogens with two attached hydrogens (primary N) is 1. The van der Waals surface area contributed by atoms with Gasteiger partial charge in [-0.15, -0.1) is 5.10 Å². The van der Waals surface area contributed by atoms with Gasteiger partial charge in [0.1, 0.15) is 0 Å². The number of halogens is 1. The molecule has 0 aliphatic carbocycles. The molecule has 5 nitrogen and oxygen atoms in total. The van der Waals surface area contributed by atoms with Gasteiger partial charge >= 0.3 is 5.69 Å². The quantitative estimate of drug-likeness (QED) is 0.903. The monoisotopic (exact) mass is 284 g/mol. The van der Waals surface area contributed by atoms with Crippen molar-refractivity contribution in [2.24, 2.45) is 12.8 Å². The van der Waals surface area contributed by atoms with Gasteiger partial charge in [0.25, 0.3) is 0 Å². The van der Waals surface area contributed by atoms with Gasteiger partial charge < -0.3 is 5.73 Å². The third-order valence-corrected chi connectivity index (χ3v) is 4.07. The smallest absolute Gasteiger partial charge is 0.324 e. The Morgan fingerprint density at radius 1 is 1.56 bits per heavy atom. The summed E-state index contributed by atoms with van der Waals surface area (Å²) in [5, 5.41) is 7.46. The molecule has 0 aliphatic rings. The Kier molecular flexibility index (Phi) is 3.79. The van der Waals surface area contributed by atoms with Gasteiger partial charge in [0, 0.05) is 18.0 Å². The van der Waals surface area contributed by atoms with E-state index in [1.165, 1.54) is 16.3 Å².